The highest BCUT2D eigenvalue weighted by atomic mass is 35.5. The highest BCUT2D eigenvalue weighted by Gasteiger charge is 2.11. The molecule has 0 radical (unpaired) electrons. The summed E-state index contributed by atoms with van der Waals surface area (Å²) in [5.41, 5.74) is 1.21. The summed E-state index contributed by atoms with van der Waals surface area (Å²) in [6, 6.07) is 7.82. The van der Waals surface area contributed by atoms with Crippen molar-refractivity contribution in [3.05, 3.63) is 50.9 Å². The number of aliphatic hydroxyl groups excluding tert-OH is 1. The van der Waals surface area contributed by atoms with Crippen molar-refractivity contribution in [1.29, 1.82) is 0 Å². The van der Waals surface area contributed by atoms with E-state index in [1.807, 2.05) is 37.4 Å². The Morgan fingerprint density at radius 3 is 2.56 bits per heavy atom. The van der Waals surface area contributed by atoms with E-state index < -0.39 is 0 Å². The number of nitrogens with zero attached hydrogens (tertiary/aromatic N) is 1. The number of aliphatic hydroxyl groups is 1. The predicted molar refractivity (Wildman–Crippen MR) is 76.3 cm³/mol. The molecule has 2 aromatic rings. The van der Waals surface area contributed by atoms with Gasteiger partial charge in [0, 0.05) is 22.7 Å². The lowest BCUT2D eigenvalue weighted by atomic mass is 9.96. The quantitative estimate of drug-likeness (QED) is 0.910. The van der Waals surface area contributed by atoms with Crippen molar-refractivity contribution in [3.8, 4) is 0 Å². The normalized spacial score (nSPS) is 12.6. The van der Waals surface area contributed by atoms with Crippen molar-refractivity contribution >= 4 is 22.9 Å². The van der Waals surface area contributed by atoms with E-state index in [1.165, 1.54) is 10.4 Å². The van der Waals surface area contributed by atoms with E-state index in [9.17, 15) is 5.11 Å². The van der Waals surface area contributed by atoms with Crippen LogP contribution in [0, 0.1) is 12.8 Å². The first-order valence-corrected chi connectivity index (χ1v) is 7.13. The number of rotatable bonds is 5. The zero-order chi connectivity index (χ0) is 13.0. The maximum atomic E-state index is 9.47. The van der Waals surface area contributed by atoms with Crippen LogP contribution >= 0.6 is 22.9 Å². The molecule has 0 fully saturated rings. The first-order valence-electron chi connectivity index (χ1n) is 5.94. The zero-order valence-corrected chi connectivity index (χ0v) is 11.8. The van der Waals surface area contributed by atoms with Gasteiger partial charge in [-0.2, -0.15) is 0 Å². The second-order valence-electron chi connectivity index (χ2n) is 4.43. The van der Waals surface area contributed by atoms with E-state index in [0.717, 1.165) is 22.9 Å². The minimum Gasteiger partial charge on any atom is -0.396 e. The Morgan fingerprint density at radius 1 is 1.28 bits per heavy atom. The van der Waals surface area contributed by atoms with E-state index in [4.69, 9.17) is 11.6 Å². The summed E-state index contributed by atoms with van der Waals surface area (Å²) in [4.78, 5) is 5.48. The Bertz CT molecular complexity index is 495. The molecular formula is C14H16ClNOS. The average molecular weight is 282 g/mol. The fourth-order valence-corrected chi connectivity index (χ4v) is 2.97. The lowest BCUT2D eigenvalue weighted by Crippen LogP contribution is -2.12. The smallest absolute Gasteiger partial charge is 0.0896 e. The third-order valence-electron chi connectivity index (χ3n) is 2.85. The topological polar surface area (TPSA) is 33.1 Å². The zero-order valence-electron chi connectivity index (χ0n) is 10.3. The monoisotopic (exact) mass is 281 g/mol. The Labute approximate surface area is 116 Å². The fourth-order valence-electron chi connectivity index (χ4n) is 1.94. The Kier molecular flexibility index (Phi) is 4.75. The van der Waals surface area contributed by atoms with Crippen LogP contribution in [-0.2, 0) is 12.8 Å². The van der Waals surface area contributed by atoms with Gasteiger partial charge < -0.3 is 5.11 Å². The molecule has 18 heavy (non-hydrogen) atoms. The van der Waals surface area contributed by atoms with Gasteiger partial charge in [0.1, 0.15) is 0 Å². The van der Waals surface area contributed by atoms with Gasteiger partial charge in [-0.3, -0.25) is 0 Å². The maximum absolute atomic E-state index is 9.47. The summed E-state index contributed by atoms with van der Waals surface area (Å²) < 4.78 is 0. The highest BCUT2D eigenvalue weighted by molar-refractivity contribution is 7.11. The molecule has 0 saturated carbocycles. The number of halogens is 1. The fraction of sp³-hybridized carbons (Fsp3) is 0.357. The third-order valence-corrected chi connectivity index (χ3v) is 4.04. The van der Waals surface area contributed by atoms with Gasteiger partial charge in [0.15, 0.2) is 0 Å². The highest BCUT2D eigenvalue weighted by Crippen LogP contribution is 2.20. The summed E-state index contributed by atoms with van der Waals surface area (Å²) in [7, 11) is 0. The van der Waals surface area contributed by atoms with Crippen molar-refractivity contribution in [1.82, 2.24) is 4.98 Å². The summed E-state index contributed by atoms with van der Waals surface area (Å²) in [6.07, 6.45) is 3.65. The molecule has 4 heteroatoms. The van der Waals surface area contributed by atoms with Crippen molar-refractivity contribution in [3.63, 3.8) is 0 Å². The van der Waals surface area contributed by atoms with E-state index in [1.54, 1.807) is 11.3 Å². The molecule has 0 saturated heterocycles. The Hall–Kier alpha value is -0.900. The van der Waals surface area contributed by atoms with Gasteiger partial charge in [-0.15, -0.1) is 11.3 Å². The lowest BCUT2D eigenvalue weighted by molar-refractivity contribution is 0.225. The predicted octanol–water partition coefficient (Wildman–Crippen LogP) is 3.50. The molecule has 1 aromatic heterocycles. The molecule has 96 valence electrons. The van der Waals surface area contributed by atoms with E-state index in [-0.39, 0.29) is 12.5 Å². The largest absolute Gasteiger partial charge is 0.396 e. The van der Waals surface area contributed by atoms with Crippen LogP contribution in [-0.4, -0.2) is 16.7 Å². The van der Waals surface area contributed by atoms with Crippen LogP contribution < -0.4 is 0 Å². The average Bonchev–Trinajstić information content (AvgIpc) is 2.77. The van der Waals surface area contributed by atoms with Gasteiger partial charge in [-0.25, -0.2) is 4.98 Å². The second kappa shape index (κ2) is 6.32. The van der Waals surface area contributed by atoms with Gasteiger partial charge >= 0.3 is 0 Å². The van der Waals surface area contributed by atoms with Gasteiger partial charge in [0.05, 0.1) is 5.01 Å². The van der Waals surface area contributed by atoms with Crippen LogP contribution in [0.3, 0.4) is 0 Å². The molecule has 1 aromatic carbocycles. The van der Waals surface area contributed by atoms with Gasteiger partial charge in [-0.1, -0.05) is 23.7 Å². The summed E-state index contributed by atoms with van der Waals surface area (Å²) in [5, 5.41) is 11.3. The molecule has 1 N–H and O–H groups in total. The van der Waals surface area contributed by atoms with Crippen LogP contribution in [0.2, 0.25) is 5.02 Å². The van der Waals surface area contributed by atoms with Crippen LogP contribution in [0.1, 0.15) is 15.4 Å². The van der Waals surface area contributed by atoms with Crippen molar-refractivity contribution in [2.75, 3.05) is 6.61 Å². The molecule has 2 rings (SSSR count). The molecule has 0 aliphatic heterocycles. The summed E-state index contributed by atoms with van der Waals surface area (Å²) in [6.45, 7) is 2.20. The molecule has 1 atom stereocenters. The van der Waals surface area contributed by atoms with Gasteiger partial charge in [-0.05, 0) is 43.4 Å². The standard InChI is InChI=1S/C14H16ClNOS/c1-10-16-8-14(18-10)7-12(9-17)6-11-2-4-13(15)5-3-11/h2-5,8,12,17H,6-7,9H2,1H3. The number of benzene rings is 1. The molecule has 1 unspecified atom stereocenters. The van der Waals surface area contributed by atoms with Crippen LogP contribution in [0.25, 0.3) is 0 Å². The molecule has 0 spiro atoms. The SMILES string of the molecule is Cc1ncc(CC(CO)Cc2ccc(Cl)cc2)s1. The van der Waals surface area contributed by atoms with Crippen molar-refractivity contribution < 1.29 is 5.11 Å². The summed E-state index contributed by atoms with van der Waals surface area (Å²) in [5.74, 6) is 0.242. The number of aryl methyl sites for hydroxylation is 1. The number of hydrogen-bond donors (Lipinski definition) is 1. The third kappa shape index (κ3) is 3.80. The minimum absolute atomic E-state index is 0.194. The van der Waals surface area contributed by atoms with E-state index >= 15 is 0 Å². The van der Waals surface area contributed by atoms with Gasteiger partial charge in [0.25, 0.3) is 0 Å². The van der Waals surface area contributed by atoms with Gasteiger partial charge in [0.2, 0.25) is 0 Å². The Morgan fingerprint density at radius 2 is 2.00 bits per heavy atom. The van der Waals surface area contributed by atoms with E-state index in [2.05, 4.69) is 4.98 Å². The molecule has 0 bridgehead atoms. The van der Waals surface area contributed by atoms with Crippen molar-refractivity contribution in [2.45, 2.75) is 19.8 Å². The molecule has 0 aliphatic rings. The first-order chi connectivity index (χ1) is 8.67. The van der Waals surface area contributed by atoms with Crippen LogP contribution in [0.15, 0.2) is 30.5 Å². The molecule has 0 aliphatic carbocycles. The molecular weight excluding hydrogens is 266 g/mol. The number of thiazole rings is 1. The minimum atomic E-state index is 0.194. The molecule has 1 heterocycles. The first kappa shape index (κ1) is 13.5. The molecule has 2 nitrogen and oxygen atoms in total. The summed E-state index contributed by atoms with van der Waals surface area (Å²) >= 11 is 7.56. The van der Waals surface area contributed by atoms with Crippen LogP contribution in [0.5, 0.6) is 0 Å². The van der Waals surface area contributed by atoms with Crippen LogP contribution in [0.4, 0.5) is 0 Å². The Balaban J connectivity index is 1.99. The molecule has 0 amide bonds. The number of hydrogen-bond acceptors (Lipinski definition) is 3. The second-order valence-corrected chi connectivity index (χ2v) is 6.18. The maximum Gasteiger partial charge on any atom is 0.0896 e. The lowest BCUT2D eigenvalue weighted by Gasteiger charge is -2.12. The van der Waals surface area contributed by atoms with Crippen molar-refractivity contribution in [2.24, 2.45) is 5.92 Å². The number of aromatic nitrogens is 1. The van der Waals surface area contributed by atoms with E-state index in [0.29, 0.717) is 0 Å².